The van der Waals surface area contributed by atoms with Crippen molar-refractivity contribution in [3.05, 3.63) is 105 Å². The summed E-state index contributed by atoms with van der Waals surface area (Å²) in [7, 11) is 1.62. The Hall–Kier alpha value is -4.09. The van der Waals surface area contributed by atoms with Crippen molar-refractivity contribution in [1.82, 2.24) is 15.1 Å². The van der Waals surface area contributed by atoms with E-state index >= 15 is 0 Å². The molecule has 3 heterocycles. The highest BCUT2D eigenvalue weighted by atomic mass is 32.2. The molecule has 5 rings (SSSR count). The number of carbonyl (C=O) groups is 4. The van der Waals surface area contributed by atoms with E-state index in [0.29, 0.717) is 17.9 Å². The molecule has 218 valence electrons. The van der Waals surface area contributed by atoms with E-state index in [-0.39, 0.29) is 24.6 Å². The first kappa shape index (κ1) is 29.4. The van der Waals surface area contributed by atoms with Gasteiger partial charge in [0.05, 0.1) is 6.42 Å². The van der Waals surface area contributed by atoms with E-state index in [1.165, 1.54) is 32.9 Å². The smallest absolute Gasteiger partial charge is 0.409 e. The van der Waals surface area contributed by atoms with E-state index in [1.54, 1.807) is 7.05 Å². The van der Waals surface area contributed by atoms with E-state index in [0.717, 1.165) is 16.0 Å². The van der Waals surface area contributed by atoms with Crippen LogP contribution in [0.3, 0.4) is 0 Å². The summed E-state index contributed by atoms with van der Waals surface area (Å²) in [5.41, 5.74) is 2.06. The lowest BCUT2D eigenvalue weighted by atomic mass is 10.0. The summed E-state index contributed by atoms with van der Waals surface area (Å²) in [6.07, 6.45) is -1.09. The van der Waals surface area contributed by atoms with Crippen molar-refractivity contribution in [3.8, 4) is 0 Å². The van der Waals surface area contributed by atoms with Crippen LogP contribution in [0.2, 0.25) is 0 Å². The minimum atomic E-state index is -0.778. The Labute approximate surface area is 252 Å². The molecule has 1 saturated heterocycles. The van der Waals surface area contributed by atoms with Crippen LogP contribution in [0.25, 0.3) is 0 Å². The second-order valence-electron chi connectivity index (χ2n) is 9.84. The summed E-state index contributed by atoms with van der Waals surface area (Å²) in [5, 5.41) is 4.24. The van der Waals surface area contributed by atoms with Gasteiger partial charge in [-0.3, -0.25) is 14.5 Å². The molecule has 2 aromatic carbocycles. The van der Waals surface area contributed by atoms with Crippen LogP contribution in [0, 0.1) is 0 Å². The van der Waals surface area contributed by atoms with Crippen molar-refractivity contribution in [2.24, 2.45) is 0 Å². The fraction of sp³-hybridized carbons (Fsp3) is 0.290. The number of hydrogen-bond acceptors (Lipinski definition) is 8. The maximum atomic E-state index is 14.0. The monoisotopic (exact) mass is 605 g/mol. The Bertz CT molecular complexity index is 1420. The summed E-state index contributed by atoms with van der Waals surface area (Å²) >= 11 is 2.87. The Kier molecular flexibility index (Phi) is 9.28. The maximum Gasteiger partial charge on any atom is 0.409 e. The van der Waals surface area contributed by atoms with Gasteiger partial charge in [-0.05, 0) is 29.5 Å². The minimum absolute atomic E-state index is 0.0521. The van der Waals surface area contributed by atoms with Gasteiger partial charge >= 0.3 is 12.1 Å². The number of hydrogen-bond donors (Lipinski definition) is 1. The fourth-order valence-corrected chi connectivity index (χ4v) is 6.74. The van der Waals surface area contributed by atoms with Gasteiger partial charge in [-0.2, -0.15) is 0 Å². The number of rotatable bonds is 10. The Morgan fingerprint density at radius 3 is 2.29 bits per heavy atom. The highest BCUT2D eigenvalue weighted by Gasteiger charge is 2.54. The quantitative estimate of drug-likeness (QED) is 0.270. The molecule has 2 aliphatic rings. The highest BCUT2D eigenvalue weighted by molar-refractivity contribution is 8.00. The number of esters is 1. The molecule has 1 N–H and O–H groups in total. The minimum Gasteiger partial charge on any atom is -0.448 e. The van der Waals surface area contributed by atoms with Crippen molar-refractivity contribution in [3.63, 3.8) is 0 Å². The molecular weight excluding hydrogens is 574 g/mol. The molecule has 1 fully saturated rings. The van der Waals surface area contributed by atoms with Gasteiger partial charge in [0.15, 0.2) is 6.10 Å². The van der Waals surface area contributed by atoms with Crippen LogP contribution < -0.4 is 5.32 Å². The number of amides is 3. The Morgan fingerprint density at radius 2 is 1.69 bits per heavy atom. The molecule has 11 heteroatoms. The first-order valence-corrected chi connectivity index (χ1v) is 15.5. The largest absolute Gasteiger partial charge is 0.448 e. The molecule has 0 unspecified atom stereocenters. The molecule has 9 nitrogen and oxygen atoms in total. The average molecular weight is 606 g/mol. The van der Waals surface area contributed by atoms with Crippen molar-refractivity contribution in [2.45, 2.75) is 30.9 Å². The van der Waals surface area contributed by atoms with Gasteiger partial charge in [0.1, 0.15) is 23.7 Å². The molecule has 0 saturated carbocycles. The van der Waals surface area contributed by atoms with Gasteiger partial charge in [0, 0.05) is 29.8 Å². The predicted octanol–water partition coefficient (Wildman–Crippen LogP) is 4.37. The normalized spacial score (nSPS) is 17.8. The third-order valence-electron chi connectivity index (χ3n) is 7.06. The van der Waals surface area contributed by atoms with Crippen molar-refractivity contribution < 1.29 is 28.7 Å². The van der Waals surface area contributed by atoms with Crippen LogP contribution in [0.1, 0.15) is 29.0 Å². The third-order valence-corrected chi connectivity index (χ3v) is 9.27. The number of nitrogens with zero attached hydrogens (tertiary/aromatic N) is 2. The molecule has 1 aromatic heterocycles. The standard InChI is InChI=1S/C31H31N3O6S2/c1-3-33(2)31(38)39-18-22-19-42-29-25(32-24(35)17-23-15-10-16-41-23)28(36)34(29)26(22)30(37)40-27(20-11-6-4-7-12-20)21-13-8-5-9-14-21/h4-16,25,27,29H,3,17-19H2,1-2H3,(H,32,35)/t25-,29-/m1/s1. The third kappa shape index (κ3) is 6.37. The van der Waals surface area contributed by atoms with E-state index in [2.05, 4.69) is 5.32 Å². The molecule has 0 bridgehead atoms. The number of carbonyl (C=O) groups excluding carboxylic acids is 4. The van der Waals surface area contributed by atoms with E-state index in [4.69, 9.17) is 9.47 Å². The Balaban J connectivity index is 1.41. The lowest BCUT2D eigenvalue weighted by Crippen LogP contribution is -2.70. The van der Waals surface area contributed by atoms with E-state index < -0.39 is 35.5 Å². The number of thioether (sulfide) groups is 1. The van der Waals surface area contributed by atoms with Gasteiger partial charge in [0.2, 0.25) is 5.91 Å². The number of nitrogens with one attached hydrogen (secondary N) is 1. The van der Waals surface area contributed by atoms with Gasteiger partial charge in [-0.15, -0.1) is 23.1 Å². The molecule has 42 heavy (non-hydrogen) atoms. The van der Waals surface area contributed by atoms with Crippen molar-refractivity contribution in [2.75, 3.05) is 26.0 Å². The molecule has 3 aromatic rings. The zero-order valence-electron chi connectivity index (χ0n) is 23.2. The second-order valence-corrected chi connectivity index (χ2v) is 12.0. The zero-order valence-corrected chi connectivity index (χ0v) is 24.9. The maximum absolute atomic E-state index is 14.0. The van der Waals surface area contributed by atoms with Crippen LogP contribution >= 0.6 is 23.1 Å². The molecule has 3 amide bonds. The number of thiophene rings is 1. The predicted molar refractivity (Wildman–Crippen MR) is 161 cm³/mol. The van der Waals surface area contributed by atoms with E-state index in [1.807, 2.05) is 85.1 Å². The molecule has 2 atom stereocenters. The molecule has 0 radical (unpaired) electrons. The van der Waals surface area contributed by atoms with E-state index in [9.17, 15) is 19.2 Å². The fourth-order valence-electron chi connectivity index (χ4n) is 4.71. The van der Waals surface area contributed by atoms with Crippen molar-refractivity contribution >= 4 is 47.0 Å². The van der Waals surface area contributed by atoms with Gasteiger partial charge in [-0.1, -0.05) is 66.7 Å². The van der Waals surface area contributed by atoms with Crippen molar-refractivity contribution in [1.29, 1.82) is 0 Å². The van der Waals surface area contributed by atoms with Crippen LogP contribution in [0.15, 0.2) is 89.4 Å². The SMILES string of the molecule is CCN(C)C(=O)OCC1=C(C(=O)OC(c2ccccc2)c2ccccc2)N2C(=O)[C@@H](NC(=O)Cc3cccs3)[C@H]2SC1. The first-order chi connectivity index (χ1) is 20.4. The van der Waals surface area contributed by atoms with Crippen LogP contribution in [0.4, 0.5) is 4.79 Å². The average Bonchev–Trinajstić information content (AvgIpc) is 3.54. The van der Waals surface area contributed by atoms with Crippen LogP contribution in [0.5, 0.6) is 0 Å². The topological polar surface area (TPSA) is 105 Å². The van der Waals surface area contributed by atoms with Gasteiger partial charge < -0.3 is 19.7 Å². The molecule has 0 spiro atoms. The summed E-state index contributed by atoms with van der Waals surface area (Å²) in [6, 6.07) is 21.7. The first-order valence-electron chi connectivity index (χ1n) is 13.5. The number of fused-ring (bicyclic) bond motifs is 1. The molecular formula is C31H31N3O6S2. The summed E-state index contributed by atoms with van der Waals surface area (Å²) < 4.78 is 11.6. The number of ether oxygens (including phenoxy) is 2. The lowest BCUT2D eigenvalue weighted by molar-refractivity contribution is -0.154. The summed E-state index contributed by atoms with van der Waals surface area (Å²) in [4.78, 5) is 56.2. The second kappa shape index (κ2) is 13.3. The summed E-state index contributed by atoms with van der Waals surface area (Å²) in [6.45, 7) is 2.11. The highest BCUT2D eigenvalue weighted by Crippen LogP contribution is 2.41. The molecule has 2 aliphatic heterocycles. The van der Waals surface area contributed by atoms with Crippen LogP contribution in [-0.2, 0) is 30.3 Å². The summed E-state index contributed by atoms with van der Waals surface area (Å²) in [5.74, 6) is -1.06. The van der Waals surface area contributed by atoms with Gasteiger partial charge in [-0.25, -0.2) is 9.59 Å². The number of β-lactam (4-membered cyclic amide) rings is 1. The van der Waals surface area contributed by atoms with Crippen LogP contribution in [-0.4, -0.2) is 71.0 Å². The number of benzene rings is 2. The molecule has 0 aliphatic carbocycles. The van der Waals surface area contributed by atoms with Gasteiger partial charge in [0.25, 0.3) is 5.91 Å². The Morgan fingerprint density at radius 1 is 1.02 bits per heavy atom. The zero-order chi connectivity index (χ0) is 29.6. The lowest BCUT2D eigenvalue weighted by Gasteiger charge is -2.49.